The summed E-state index contributed by atoms with van der Waals surface area (Å²) in [5, 5.41) is 0. The number of para-hydroxylation sites is 1. The van der Waals surface area contributed by atoms with E-state index in [0.29, 0.717) is 0 Å². The number of anilines is 2. The SMILES string of the molecule is C#Cc1ccc(N2C(C=C)=C(C=C)Sc3ccccc32)cc1. The van der Waals surface area contributed by atoms with Crippen molar-refractivity contribution in [2.75, 3.05) is 4.90 Å². The molecule has 1 aliphatic rings. The normalized spacial score (nSPS) is 13.3. The zero-order valence-corrected chi connectivity index (χ0v) is 12.9. The number of hydrogen-bond acceptors (Lipinski definition) is 2. The summed E-state index contributed by atoms with van der Waals surface area (Å²) in [6.45, 7) is 7.90. The van der Waals surface area contributed by atoms with Crippen molar-refractivity contribution >= 4 is 23.1 Å². The van der Waals surface area contributed by atoms with Gasteiger partial charge in [-0.2, -0.15) is 0 Å². The summed E-state index contributed by atoms with van der Waals surface area (Å²) in [5.74, 6) is 2.65. The molecule has 1 heterocycles. The van der Waals surface area contributed by atoms with Crippen LogP contribution in [0.25, 0.3) is 0 Å². The summed E-state index contributed by atoms with van der Waals surface area (Å²) in [5.41, 5.74) is 4.10. The van der Waals surface area contributed by atoms with Crippen LogP contribution in [0.4, 0.5) is 11.4 Å². The van der Waals surface area contributed by atoms with Gasteiger partial charge in [-0.25, -0.2) is 0 Å². The summed E-state index contributed by atoms with van der Waals surface area (Å²) in [6.07, 6.45) is 9.19. The molecule has 1 nitrogen and oxygen atoms in total. The van der Waals surface area contributed by atoms with E-state index in [1.54, 1.807) is 11.8 Å². The molecule has 0 radical (unpaired) electrons. The highest BCUT2D eigenvalue weighted by molar-refractivity contribution is 8.03. The molecule has 106 valence electrons. The van der Waals surface area contributed by atoms with Crippen LogP contribution in [0.15, 0.2) is 89.3 Å². The van der Waals surface area contributed by atoms with E-state index in [9.17, 15) is 0 Å². The lowest BCUT2D eigenvalue weighted by Gasteiger charge is -2.33. The van der Waals surface area contributed by atoms with Crippen molar-refractivity contribution in [2.24, 2.45) is 0 Å². The predicted molar refractivity (Wildman–Crippen MR) is 96.2 cm³/mol. The van der Waals surface area contributed by atoms with Crippen LogP contribution in [0.5, 0.6) is 0 Å². The molecule has 0 atom stereocenters. The Labute approximate surface area is 135 Å². The Bertz CT molecular complexity index is 806. The van der Waals surface area contributed by atoms with Crippen molar-refractivity contribution in [1.29, 1.82) is 0 Å². The minimum atomic E-state index is 0.872. The molecule has 2 aromatic rings. The Kier molecular flexibility index (Phi) is 3.91. The van der Waals surface area contributed by atoms with Gasteiger partial charge in [-0.1, -0.05) is 49.0 Å². The molecule has 22 heavy (non-hydrogen) atoms. The van der Waals surface area contributed by atoms with E-state index in [1.807, 2.05) is 48.6 Å². The van der Waals surface area contributed by atoms with E-state index >= 15 is 0 Å². The van der Waals surface area contributed by atoms with Crippen LogP contribution in [0.3, 0.4) is 0 Å². The maximum atomic E-state index is 5.45. The molecule has 2 heteroatoms. The van der Waals surface area contributed by atoms with Gasteiger partial charge in [0.05, 0.1) is 11.4 Å². The highest BCUT2D eigenvalue weighted by atomic mass is 32.2. The topological polar surface area (TPSA) is 3.24 Å². The van der Waals surface area contributed by atoms with Crippen LogP contribution in [0.1, 0.15) is 5.56 Å². The molecular formula is C20H15NS. The minimum absolute atomic E-state index is 0.872. The monoisotopic (exact) mass is 301 g/mol. The van der Waals surface area contributed by atoms with Gasteiger partial charge < -0.3 is 4.90 Å². The summed E-state index contributed by atoms with van der Waals surface area (Å²) >= 11 is 1.71. The number of fused-ring (bicyclic) bond motifs is 1. The molecule has 0 unspecified atom stereocenters. The van der Waals surface area contributed by atoms with Crippen LogP contribution >= 0.6 is 11.8 Å². The second-order valence-corrected chi connectivity index (χ2v) is 5.84. The quantitative estimate of drug-likeness (QED) is 0.689. The van der Waals surface area contributed by atoms with Crippen molar-refractivity contribution in [3.63, 3.8) is 0 Å². The maximum absolute atomic E-state index is 5.45. The van der Waals surface area contributed by atoms with Crippen LogP contribution in [-0.4, -0.2) is 0 Å². The summed E-state index contributed by atoms with van der Waals surface area (Å²) in [4.78, 5) is 4.48. The summed E-state index contributed by atoms with van der Waals surface area (Å²) in [6, 6.07) is 16.3. The average molecular weight is 301 g/mol. The van der Waals surface area contributed by atoms with Crippen LogP contribution in [-0.2, 0) is 0 Å². The Morgan fingerprint density at radius 3 is 2.36 bits per heavy atom. The second kappa shape index (κ2) is 6.01. The molecule has 0 bridgehead atoms. The first kappa shape index (κ1) is 14.3. The predicted octanol–water partition coefficient (Wildman–Crippen LogP) is 5.50. The number of thioether (sulfide) groups is 1. The number of benzene rings is 2. The van der Waals surface area contributed by atoms with E-state index in [2.05, 4.69) is 36.1 Å². The van der Waals surface area contributed by atoms with Gasteiger partial charge in [0.15, 0.2) is 0 Å². The first-order valence-corrected chi connectivity index (χ1v) is 7.73. The molecule has 0 fully saturated rings. The lowest BCUT2D eigenvalue weighted by atomic mass is 10.1. The fourth-order valence-corrected chi connectivity index (χ4v) is 3.47. The number of nitrogens with zero attached hydrogens (tertiary/aromatic N) is 1. The molecule has 0 aliphatic carbocycles. The summed E-state index contributed by atoms with van der Waals surface area (Å²) < 4.78 is 0. The molecule has 0 N–H and O–H groups in total. The Balaban J connectivity index is 2.20. The standard InChI is InChI=1S/C20H15NS/c1-4-15-11-13-16(14-12-15)21-17(5-2)19(6-3)22-20-10-8-7-9-18(20)21/h1,5-14H,2-3H2. The van der Waals surface area contributed by atoms with Gasteiger partial charge in [0.25, 0.3) is 0 Å². The first-order valence-electron chi connectivity index (χ1n) is 6.91. The maximum Gasteiger partial charge on any atom is 0.0601 e. The van der Waals surface area contributed by atoms with Gasteiger partial charge in [-0.05, 0) is 42.5 Å². The van der Waals surface area contributed by atoms with Gasteiger partial charge in [-0.3, -0.25) is 0 Å². The minimum Gasteiger partial charge on any atom is -0.308 e. The van der Waals surface area contributed by atoms with E-state index in [-0.39, 0.29) is 0 Å². The molecule has 0 amide bonds. The molecule has 0 saturated heterocycles. The van der Waals surface area contributed by atoms with Gasteiger partial charge >= 0.3 is 0 Å². The third kappa shape index (κ3) is 2.36. The Morgan fingerprint density at radius 2 is 1.73 bits per heavy atom. The molecule has 0 spiro atoms. The first-order chi connectivity index (χ1) is 10.8. The van der Waals surface area contributed by atoms with E-state index in [1.165, 1.54) is 4.90 Å². The van der Waals surface area contributed by atoms with Crippen molar-refractivity contribution in [2.45, 2.75) is 4.90 Å². The zero-order chi connectivity index (χ0) is 15.5. The third-order valence-corrected chi connectivity index (χ3v) is 4.65. The van der Waals surface area contributed by atoms with Gasteiger partial charge in [0.2, 0.25) is 0 Å². The Hall–Kier alpha value is -2.63. The van der Waals surface area contributed by atoms with Crippen molar-refractivity contribution in [1.82, 2.24) is 0 Å². The van der Waals surface area contributed by atoms with E-state index < -0.39 is 0 Å². The molecule has 3 rings (SSSR count). The van der Waals surface area contributed by atoms with Gasteiger partial charge in [-0.15, -0.1) is 6.42 Å². The molecule has 0 saturated carbocycles. The van der Waals surface area contributed by atoms with Crippen LogP contribution < -0.4 is 4.90 Å². The number of terminal acetylenes is 1. The molecule has 2 aromatic carbocycles. The second-order valence-electron chi connectivity index (χ2n) is 4.75. The Morgan fingerprint density at radius 1 is 1.00 bits per heavy atom. The molecular weight excluding hydrogens is 286 g/mol. The largest absolute Gasteiger partial charge is 0.308 e. The van der Waals surface area contributed by atoms with Gasteiger partial charge in [0.1, 0.15) is 0 Å². The lowest BCUT2D eigenvalue weighted by Crippen LogP contribution is -2.19. The lowest BCUT2D eigenvalue weighted by molar-refractivity contribution is 1.15. The highest BCUT2D eigenvalue weighted by Gasteiger charge is 2.23. The van der Waals surface area contributed by atoms with E-state index in [4.69, 9.17) is 6.42 Å². The number of allylic oxidation sites excluding steroid dienone is 2. The van der Waals surface area contributed by atoms with Crippen LogP contribution in [0.2, 0.25) is 0 Å². The van der Waals surface area contributed by atoms with Crippen molar-refractivity contribution in [3.05, 3.63) is 90.0 Å². The highest BCUT2D eigenvalue weighted by Crippen LogP contribution is 2.47. The molecule has 1 aliphatic heterocycles. The average Bonchev–Trinajstić information content (AvgIpc) is 2.60. The van der Waals surface area contributed by atoms with Gasteiger partial charge in [0, 0.05) is 21.1 Å². The third-order valence-electron chi connectivity index (χ3n) is 3.49. The van der Waals surface area contributed by atoms with Crippen molar-refractivity contribution in [3.8, 4) is 12.3 Å². The molecule has 0 aromatic heterocycles. The fourth-order valence-electron chi connectivity index (χ4n) is 2.46. The smallest absolute Gasteiger partial charge is 0.0601 e. The zero-order valence-electron chi connectivity index (χ0n) is 12.1. The van der Waals surface area contributed by atoms with Crippen molar-refractivity contribution < 1.29 is 0 Å². The van der Waals surface area contributed by atoms with Crippen LogP contribution in [0, 0.1) is 12.3 Å². The number of hydrogen-bond donors (Lipinski definition) is 0. The van der Waals surface area contributed by atoms with E-state index in [0.717, 1.165) is 27.5 Å². The fraction of sp³-hybridized carbons (Fsp3) is 0. The summed E-state index contributed by atoms with van der Waals surface area (Å²) in [7, 11) is 0. The number of rotatable bonds is 3.